The lowest BCUT2D eigenvalue weighted by Crippen LogP contribution is -2.37. The topological polar surface area (TPSA) is 18.8 Å². The Morgan fingerprint density at radius 2 is 1.93 bits per heavy atom. The number of aliphatic imine (C=N–C) groups is 1. The van der Waals surface area contributed by atoms with E-state index < -0.39 is 0 Å². The van der Waals surface area contributed by atoms with Crippen LogP contribution in [0.1, 0.15) is 0 Å². The first-order chi connectivity index (χ1) is 7.18. The minimum absolute atomic E-state index is 0.879. The zero-order valence-electron chi connectivity index (χ0n) is 8.94. The van der Waals surface area contributed by atoms with Gasteiger partial charge in [-0.2, -0.15) is 0 Å². The molecule has 0 N–H and O–H groups in total. The van der Waals surface area contributed by atoms with Gasteiger partial charge >= 0.3 is 0 Å². The van der Waals surface area contributed by atoms with Gasteiger partial charge in [0.15, 0.2) is 0 Å². The molecule has 2 rings (SSSR count). The van der Waals surface area contributed by atoms with Crippen molar-refractivity contribution >= 4 is 27.6 Å². The van der Waals surface area contributed by atoms with Gasteiger partial charge in [0, 0.05) is 30.8 Å². The summed E-state index contributed by atoms with van der Waals surface area (Å²) in [7, 11) is 4.05. The first-order valence-corrected chi connectivity index (χ1v) is 5.72. The molecular formula is C11H14BrN3. The first kappa shape index (κ1) is 10.5. The first-order valence-electron chi connectivity index (χ1n) is 4.93. The van der Waals surface area contributed by atoms with Crippen molar-refractivity contribution in [2.24, 2.45) is 4.99 Å². The maximum atomic E-state index is 4.47. The summed E-state index contributed by atoms with van der Waals surface area (Å²) in [6.07, 6.45) is 0. The second-order valence-electron chi connectivity index (χ2n) is 3.70. The van der Waals surface area contributed by atoms with E-state index in [4.69, 9.17) is 0 Å². The molecule has 1 aliphatic heterocycles. The van der Waals surface area contributed by atoms with E-state index in [1.165, 1.54) is 5.69 Å². The van der Waals surface area contributed by atoms with Gasteiger partial charge in [0.05, 0.1) is 6.54 Å². The van der Waals surface area contributed by atoms with Crippen LogP contribution in [0, 0.1) is 0 Å². The zero-order chi connectivity index (χ0) is 10.8. The van der Waals surface area contributed by atoms with Crippen molar-refractivity contribution in [1.29, 1.82) is 0 Å². The number of benzene rings is 1. The Hall–Kier alpha value is -1.03. The minimum Gasteiger partial charge on any atom is -0.349 e. The second kappa shape index (κ2) is 4.23. The van der Waals surface area contributed by atoms with Crippen LogP contribution < -0.4 is 4.90 Å². The fourth-order valence-electron chi connectivity index (χ4n) is 1.68. The Morgan fingerprint density at radius 1 is 1.27 bits per heavy atom. The van der Waals surface area contributed by atoms with E-state index in [-0.39, 0.29) is 0 Å². The number of guanidine groups is 1. The van der Waals surface area contributed by atoms with Crippen LogP contribution in [-0.2, 0) is 0 Å². The van der Waals surface area contributed by atoms with Crippen molar-refractivity contribution in [3.8, 4) is 0 Å². The Bertz CT molecular complexity index is 370. The average molecular weight is 268 g/mol. The van der Waals surface area contributed by atoms with Gasteiger partial charge in [0.2, 0.25) is 5.96 Å². The van der Waals surface area contributed by atoms with E-state index in [1.54, 1.807) is 0 Å². The molecule has 0 unspecified atom stereocenters. The molecule has 3 nitrogen and oxygen atoms in total. The van der Waals surface area contributed by atoms with Crippen molar-refractivity contribution in [3.05, 3.63) is 28.7 Å². The molecule has 80 valence electrons. The van der Waals surface area contributed by atoms with Crippen molar-refractivity contribution in [2.75, 3.05) is 32.1 Å². The van der Waals surface area contributed by atoms with E-state index in [9.17, 15) is 0 Å². The Morgan fingerprint density at radius 3 is 2.53 bits per heavy atom. The van der Waals surface area contributed by atoms with Crippen LogP contribution in [0.15, 0.2) is 33.7 Å². The maximum Gasteiger partial charge on any atom is 0.200 e. The fourth-order valence-corrected chi connectivity index (χ4v) is 1.95. The van der Waals surface area contributed by atoms with Gasteiger partial charge < -0.3 is 9.80 Å². The molecule has 0 spiro atoms. The van der Waals surface area contributed by atoms with E-state index >= 15 is 0 Å². The highest BCUT2D eigenvalue weighted by Gasteiger charge is 2.19. The molecule has 0 aromatic heterocycles. The van der Waals surface area contributed by atoms with Crippen LogP contribution in [0.25, 0.3) is 0 Å². The van der Waals surface area contributed by atoms with Gasteiger partial charge in [-0.25, -0.2) is 0 Å². The lowest BCUT2D eigenvalue weighted by molar-refractivity contribution is 0.612. The van der Waals surface area contributed by atoms with Crippen molar-refractivity contribution in [1.82, 2.24) is 4.90 Å². The summed E-state index contributed by atoms with van der Waals surface area (Å²) in [4.78, 5) is 8.75. The van der Waals surface area contributed by atoms with Crippen LogP contribution >= 0.6 is 15.9 Å². The van der Waals surface area contributed by atoms with Crippen LogP contribution in [0.4, 0.5) is 5.69 Å². The summed E-state index contributed by atoms with van der Waals surface area (Å²) < 4.78 is 1.11. The quantitative estimate of drug-likeness (QED) is 0.777. The Labute approximate surface area is 98.5 Å². The highest BCUT2D eigenvalue weighted by atomic mass is 79.9. The van der Waals surface area contributed by atoms with Crippen molar-refractivity contribution in [2.45, 2.75) is 0 Å². The molecule has 0 aliphatic carbocycles. The van der Waals surface area contributed by atoms with E-state index in [1.807, 2.05) is 14.1 Å². The maximum absolute atomic E-state index is 4.47. The van der Waals surface area contributed by atoms with Crippen LogP contribution in [0.2, 0.25) is 0 Å². The van der Waals surface area contributed by atoms with E-state index in [0.717, 1.165) is 23.5 Å². The largest absolute Gasteiger partial charge is 0.349 e. The highest BCUT2D eigenvalue weighted by Crippen LogP contribution is 2.21. The smallest absolute Gasteiger partial charge is 0.200 e. The highest BCUT2D eigenvalue weighted by molar-refractivity contribution is 9.10. The number of anilines is 1. The molecule has 0 radical (unpaired) electrons. The van der Waals surface area contributed by atoms with Crippen LogP contribution in [0.3, 0.4) is 0 Å². The number of rotatable bonds is 1. The molecule has 1 heterocycles. The molecular weight excluding hydrogens is 254 g/mol. The zero-order valence-corrected chi connectivity index (χ0v) is 10.5. The van der Waals surface area contributed by atoms with Crippen LogP contribution in [-0.4, -0.2) is 38.0 Å². The molecule has 1 aliphatic rings. The molecule has 0 saturated heterocycles. The normalized spacial score (nSPS) is 15.4. The summed E-state index contributed by atoms with van der Waals surface area (Å²) >= 11 is 3.44. The fraction of sp³-hybridized carbons (Fsp3) is 0.364. The monoisotopic (exact) mass is 267 g/mol. The summed E-state index contributed by atoms with van der Waals surface area (Å²) in [5.74, 6) is 1.04. The third-order valence-corrected chi connectivity index (χ3v) is 2.89. The van der Waals surface area contributed by atoms with Crippen molar-refractivity contribution in [3.63, 3.8) is 0 Å². The summed E-state index contributed by atoms with van der Waals surface area (Å²) in [6.45, 7) is 1.85. The Balaban J connectivity index is 2.24. The van der Waals surface area contributed by atoms with E-state index in [2.05, 4.69) is 55.0 Å². The predicted octanol–water partition coefficient (Wildman–Crippen LogP) is 2.19. The average Bonchev–Trinajstić information content (AvgIpc) is 2.67. The van der Waals surface area contributed by atoms with E-state index in [0.29, 0.717) is 0 Å². The van der Waals surface area contributed by atoms with Crippen molar-refractivity contribution < 1.29 is 0 Å². The lowest BCUT2D eigenvalue weighted by Gasteiger charge is -2.24. The summed E-state index contributed by atoms with van der Waals surface area (Å²) in [6, 6.07) is 8.32. The van der Waals surface area contributed by atoms with Gasteiger partial charge in [0.1, 0.15) is 0 Å². The second-order valence-corrected chi connectivity index (χ2v) is 4.62. The standard InChI is InChI=1S/C11H14BrN3/c1-14(2)11-13-7-8-15(11)10-5-3-9(12)4-6-10/h3-6H,7-8H2,1-2H3. The molecule has 0 saturated carbocycles. The van der Waals surface area contributed by atoms with Gasteiger partial charge in [-0.3, -0.25) is 4.99 Å². The summed E-state index contributed by atoms with van der Waals surface area (Å²) in [5.41, 5.74) is 1.20. The van der Waals surface area contributed by atoms with Gasteiger partial charge in [-0.05, 0) is 24.3 Å². The van der Waals surface area contributed by atoms with Gasteiger partial charge in [-0.1, -0.05) is 15.9 Å². The molecule has 4 heteroatoms. The molecule has 0 atom stereocenters. The molecule has 1 aromatic rings. The molecule has 0 fully saturated rings. The minimum atomic E-state index is 0.879. The lowest BCUT2D eigenvalue weighted by atomic mass is 10.3. The SMILES string of the molecule is CN(C)C1=NCCN1c1ccc(Br)cc1. The molecule has 0 amide bonds. The molecule has 0 bridgehead atoms. The van der Waals surface area contributed by atoms with Gasteiger partial charge in [0.25, 0.3) is 0 Å². The number of nitrogens with zero attached hydrogens (tertiary/aromatic N) is 3. The predicted molar refractivity (Wildman–Crippen MR) is 67.5 cm³/mol. The Kier molecular flexibility index (Phi) is 2.95. The third kappa shape index (κ3) is 2.15. The third-order valence-electron chi connectivity index (χ3n) is 2.36. The number of hydrogen-bond donors (Lipinski definition) is 0. The number of halogens is 1. The van der Waals surface area contributed by atoms with Gasteiger partial charge in [-0.15, -0.1) is 0 Å². The molecule has 1 aromatic carbocycles. The summed E-state index contributed by atoms with van der Waals surface area (Å²) in [5, 5.41) is 0. The molecule has 15 heavy (non-hydrogen) atoms. The van der Waals surface area contributed by atoms with Crippen LogP contribution in [0.5, 0.6) is 0 Å². The number of hydrogen-bond acceptors (Lipinski definition) is 3.